The molecule has 6 nitrogen and oxygen atoms in total. The minimum atomic E-state index is 0. The molecule has 1 aliphatic heterocycles. The number of nitrogens with two attached hydrogens (primary N) is 1. The normalized spacial score (nSPS) is 10.9. The molecule has 6 heteroatoms. The Balaban J connectivity index is 0.000000307. The van der Waals surface area contributed by atoms with Crippen LogP contribution in [0.3, 0.4) is 0 Å². The number of hydrogen-bond donors (Lipinski definition) is 2. The van der Waals surface area contributed by atoms with Crippen molar-refractivity contribution in [1.82, 2.24) is 11.1 Å². The number of carbonyl (C=O) groups excluding carboxylic acids is 1. The maximum absolute atomic E-state index is 8.58. The smallest absolute Gasteiger partial charge is 0.204 e. The zero-order valence-corrected chi connectivity index (χ0v) is 10.6. The first-order valence-electron chi connectivity index (χ1n) is 5.43. The second-order valence-electron chi connectivity index (χ2n) is 3.21. The monoisotopic (exact) mass is 262 g/mol. The van der Waals surface area contributed by atoms with Gasteiger partial charge in [0.05, 0.1) is 12.1 Å². The largest absolute Gasteiger partial charge is 0.482 e. The van der Waals surface area contributed by atoms with E-state index < -0.39 is 0 Å². The third-order valence-corrected chi connectivity index (χ3v) is 2.00. The lowest BCUT2D eigenvalue weighted by Gasteiger charge is -1.91. The molecule has 0 radical (unpaired) electrons. The van der Waals surface area contributed by atoms with E-state index in [1.807, 2.05) is 30.5 Å². The lowest BCUT2D eigenvalue weighted by atomic mass is 10.2. The van der Waals surface area contributed by atoms with Crippen LogP contribution in [-0.2, 0) is 9.53 Å². The summed E-state index contributed by atoms with van der Waals surface area (Å²) < 4.78 is 4.65. The number of aliphatic imine (C=N–C) groups is 1. The van der Waals surface area contributed by atoms with E-state index in [-0.39, 0.29) is 12.6 Å². The van der Waals surface area contributed by atoms with Crippen molar-refractivity contribution in [2.24, 2.45) is 10.7 Å². The number of nitrogens with zero attached hydrogens (tertiary/aromatic N) is 2. The number of hydrogen-bond acceptors (Lipinski definition) is 5. The number of fused-ring (bicyclic) bond motifs is 1. The number of carbonyl (C=O) groups is 1. The number of amides is 1. The molecular weight excluding hydrogens is 244 g/mol. The van der Waals surface area contributed by atoms with E-state index in [4.69, 9.17) is 4.79 Å². The Labute approximate surface area is 111 Å². The highest BCUT2D eigenvalue weighted by Crippen LogP contribution is 2.07. The maximum Gasteiger partial charge on any atom is 0.204 e. The fraction of sp³-hybridized carbons (Fsp3) is 0.154. The Morgan fingerprint density at radius 3 is 2.42 bits per heavy atom. The van der Waals surface area contributed by atoms with E-state index in [2.05, 4.69) is 32.6 Å². The van der Waals surface area contributed by atoms with Crippen molar-refractivity contribution in [3.63, 3.8) is 0 Å². The Bertz CT molecular complexity index is 431. The summed E-state index contributed by atoms with van der Waals surface area (Å²) >= 11 is 0. The Kier molecular flexibility index (Phi) is 9.28. The zero-order chi connectivity index (χ0) is 13.1. The van der Waals surface area contributed by atoms with E-state index in [9.17, 15) is 0 Å². The number of benzene rings is 1. The van der Waals surface area contributed by atoms with Gasteiger partial charge in [0.2, 0.25) is 6.41 Å². The minimum Gasteiger partial charge on any atom is -0.482 e. The summed E-state index contributed by atoms with van der Waals surface area (Å²) in [7, 11) is 0. The van der Waals surface area contributed by atoms with Gasteiger partial charge in [-0.15, -0.1) is 0 Å². The van der Waals surface area contributed by atoms with Crippen LogP contribution >= 0.6 is 0 Å². The SMILES string of the molecule is C1=NCCO1.N.NC=O.c1ccc2ncccc2c1. The topological polar surface area (TPSA) is 113 Å². The van der Waals surface area contributed by atoms with Crippen LogP contribution < -0.4 is 11.9 Å². The van der Waals surface area contributed by atoms with Gasteiger partial charge in [-0.3, -0.25) is 14.8 Å². The van der Waals surface area contributed by atoms with Crippen LogP contribution in [0, 0.1) is 0 Å². The van der Waals surface area contributed by atoms with Gasteiger partial charge in [0.15, 0.2) is 6.40 Å². The van der Waals surface area contributed by atoms with Gasteiger partial charge in [0.25, 0.3) is 0 Å². The van der Waals surface area contributed by atoms with Crippen LogP contribution in [0.5, 0.6) is 0 Å². The van der Waals surface area contributed by atoms with Crippen LogP contribution in [0.4, 0.5) is 0 Å². The summed E-state index contributed by atoms with van der Waals surface area (Å²) in [5.41, 5.74) is 5.23. The fourth-order valence-electron chi connectivity index (χ4n) is 1.28. The van der Waals surface area contributed by atoms with Gasteiger partial charge < -0.3 is 16.6 Å². The third kappa shape index (κ3) is 6.75. The summed E-state index contributed by atoms with van der Waals surface area (Å²) in [6.07, 6.45) is 3.54. The number of rotatable bonds is 0. The molecule has 1 aromatic heterocycles. The van der Waals surface area contributed by atoms with Crippen molar-refractivity contribution in [2.45, 2.75) is 0 Å². The maximum atomic E-state index is 8.58. The number of ether oxygens (including phenoxy) is 1. The van der Waals surface area contributed by atoms with Crippen LogP contribution in [-0.4, -0.2) is 30.9 Å². The predicted molar refractivity (Wildman–Crippen MR) is 76.3 cm³/mol. The molecule has 0 unspecified atom stereocenters. The summed E-state index contributed by atoms with van der Waals surface area (Å²) in [4.78, 5) is 16.5. The summed E-state index contributed by atoms with van der Waals surface area (Å²) in [5, 5.41) is 1.20. The predicted octanol–water partition coefficient (Wildman–Crippen LogP) is 1.54. The Morgan fingerprint density at radius 1 is 1.21 bits per heavy atom. The van der Waals surface area contributed by atoms with Crippen molar-refractivity contribution in [2.75, 3.05) is 13.2 Å². The summed E-state index contributed by atoms with van der Waals surface area (Å²) in [6.45, 7) is 1.62. The number of para-hydroxylation sites is 1. The second-order valence-corrected chi connectivity index (χ2v) is 3.21. The minimum absolute atomic E-state index is 0. The highest BCUT2D eigenvalue weighted by molar-refractivity contribution is 5.77. The van der Waals surface area contributed by atoms with Crippen molar-refractivity contribution >= 4 is 23.7 Å². The van der Waals surface area contributed by atoms with E-state index in [0.717, 1.165) is 18.7 Å². The molecule has 0 fully saturated rings. The molecule has 2 heterocycles. The molecule has 1 aliphatic rings. The number of pyridine rings is 1. The molecule has 19 heavy (non-hydrogen) atoms. The molecule has 5 N–H and O–H groups in total. The van der Waals surface area contributed by atoms with Crippen molar-refractivity contribution < 1.29 is 9.53 Å². The van der Waals surface area contributed by atoms with Crippen molar-refractivity contribution in [3.05, 3.63) is 42.6 Å². The van der Waals surface area contributed by atoms with Gasteiger partial charge in [-0.2, -0.15) is 0 Å². The molecule has 3 rings (SSSR count). The Hall–Kier alpha value is -2.47. The second kappa shape index (κ2) is 10.7. The van der Waals surface area contributed by atoms with Crippen molar-refractivity contribution in [3.8, 4) is 0 Å². The quantitative estimate of drug-likeness (QED) is 0.701. The Morgan fingerprint density at radius 2 is 1.89 bits per heavy atom. The van der Waals surface area contributed by atoms with Crippen LogP contribution in [0.25, 0.3) is 10.9 Å². The molecule has 1 amide bonds. The van der Waals surface area contributed by atoms with E-state index in [1.54, 1.807) is 0 Å². The average molecular weight is 262 g/mol. The molecule has 0 spiro atoms. The lowest BCUT2D eigenvalue weighted by Crippen LogP contribution is -1.82. The molecule has 0 bridgehead atoms. The van der Waals surface area contributed by atoms with Crippen LogP contribution in [0.1, 0.15) is 0 Å². The van der Waals surface area contributed by atoms with Gasteiger partial charge in [-0.25, -0.2) is 0 Å². The van der Waals surface area contributed by atoms with E-state index in [0.29, 0.717) is 0 Å². The van der Waals surface area contributed by atoms with E-state index in [1.165, 1.54) is 11.8 Å². The first kappa shape index (κ1) is 16.5. The molecule has 1 aromatic carbocycles. The van der Waals surface area contributed by atoms with E-state index >= 15 is 0 Å². The summed E-state index contributed by atoms with van der Waals surface area (Å²) in [5.74, 6) is 0. The molecule has 0 atom stereocenters. The highest BCUT2D eigenvalue weighted by atomic mass is 16.5. The van der Waals surface area contributed by atoms with Gasteiger partial charge >= 0.3 is 0 Å². The highest BCUT2D eigenvalue weighted by Gasteiger charge is 1.86. The number of aromatic nitrogens is 1. The van der Waals surface area contributed by atoms with Crippen LogP contribution in [0.2, 0.25) is 0 Å². The first-order chi connectivity index (χ1) is 8.88. The van der Waals surface area contributed by atoms with Gasteiger partial charge in [-0.1, -0.05) is 24.3 Å². The summed E-state index contributed by atoms with van der Waals surface area (Å²) in [6, 6.07) is 12.1. The molecule has 102 valence electrons. The molecule has 0 saturated heterocycles. The standard InChI is InChI=1S/C9H7N.C3H5NO.CH3NO.H3N/c1-2-6-9-8(4-1)5-3-7-10-9;1-2-5-3-4-1;2-1-3;/h1-7H;3H,1-2H2;1H,(H2,2,3);1H3. The van der Waals surface area contributed by atoms with Crippen LogP contribution in [0.15, 0.2) is 47.6 Å². The first-order valence-corrected chi connectivity index (χ1v) is 5.43. The molecule has 0 aliphatic carbocycles. The lowest BCUT2D eigenvalue weighted by molar-refractivity contribution is -0.106. The molecular formula is C13H18N4O2. The van der Waals surface area contributed by atoms with Crippen molar-refractivity contribution in [1.29, 1.82) is 0 Å². The van der Waals surface area contributed by atoms with Gasteiger partial charge in [0.1, 0.15) is 6.61 Å². The fourth-order valence-corrected chi connectivity index (χ4v) is 1.28. The molecule has 0 saturated carbocycles. The number of primary amides is 1. The molecule has 2 aromatic rings. The third-order valence-electron chi connectivity index (χ3n) is 2.00. The average Bonchev–Trinajstić information content (AvgIpc) is 2.99. The zero-order valence-electron chi connectivity index (χ0n) is 10.6. The van der Waals surface area contributed by atoms with Gasteiger partial charge in [-0.05, 0) is 12.1 Å². The van der Waals surface area contributed by atoms with Gasteiger partial charge in [0, 0.05) is 11.6 Å².